The molecule has 6 heteroatoms. The quantitative estimate of drug-likeness (QED) is 0.870. The Morgan fingerprint density at radius 2 is 1.26 bits per heavy atom. The first kappa shape index (κ1) is 20.0. The molecule has 0 aliphatic carbocycles. The van der Waals surface area contributed by atoms with Crippen LogP contribution in [0.5, 0.6) is 5.75 Å². The van der Waals surface area contributed by atoms with Crippen LogP contribution in [-0.4, -0.2) is 76.0 Å². The molecule has 1 aliphatic rings. The smallest absolute Gasteiger partial charge is 0.120 e. The molecule has 0 radical (unpaired) electrons. The maximum absolute atomic E-state index is 10.4. The van der Waals surface area contributed by atoms with E-state index in [2.05, 4.69) is 17.0 Å². The van der Waals surface area contributed by atoms with E-state index < -0.39 is 0 Å². The molecule has 148 valence electrons. The Labute approximate surface area is 160 Å². The molecule has 1 N–H and O–H groups in total. The maximum Gasteiger partial charge on any atom is 0.120 e. The molecule has 2 aromatic rings. The molecule has 2 aromatic carbocycles. The molecule has 0 atom stereocenters. The summed E-state index contributed by atoms with van der Waals surface area (Å²) in [4.78, 5) is 2.25. The Hall–Kier alpha value is -1.70. The van der Waals surface area contributed by atoms with Crippen molar-refractivity contribution in [3.8, 4) is 5.75 Å². The molecule has 0 bridgehead atoms. The molecular formula is C21H29NO5. The van der Waals surface area contributed by atoms with Crippen molar-refractivity contribution in [2.45, 2.75) is 6.54 Å². The summed E-state index contributed by atoms with van der Waals surface area (Å²) in [5.41, 5.74) is 0.942. The number of hydrogen-bond donors (Lipinski definition) is 1. The molecule has 3 rings (SSSR count). The average Bonchev–Trinajstić information content (AvgIpc) is 2.70. The molecule has 0 amide bonds. The fraction of sp³-hybridized carbons (Fsp3) is 0.524. The van der Waals surface area contributed by atoms with E-state index in [4.69, 9.17) is 18.9 Å². The van der Waals surface area contributed by atoms with E-state index in [1.165, 1.54) is 0 Å². The monoisotopic (exact) mass is 375 g/mol. The number of aromatic hydroxyl groups is 1. The first-order valence-electron chi connectivity index (χ1n) is 9.57. The summed E-state index contributed by atoms with van der Waals surface area (Å²) in [6, 6.07) is 11.9. The van der Waals surface area contributed by atoms with Crippen LogP contribution in [0.4, 0.5) is 0 Å². The van der Waals surface area contributed by atoms with E-state index in [1.54, 1.807) is 6.07 Å². The molecular weight excluding hydrogens is 346 g/mol. The maximum atomic E-state index is 10.4. The zero-order valence-corrected chi connectivity index (χ0v) is 15.8. The average molecular weight is 375 g/mol. The van der Waals surface area contributed by atoms with Crippen LogP contribution in [0.25, 0.3) is 10.8 Å². The van der Waals surface area contributed by atoms with Gasteiger partial charge in [-0.15, -0.1) is 0 Å². The molecule has 0 spiro atoms. The molecule has 0 aromatic heterocycles. The van der Waals surface area contributed by atoms with Crippen molar-refractivity contribution in [2.75, 3.05) is 65.9 Å². The predicted molar refractivity (Wildman–Crippen MR) is 104 cm³/mol. The van der Waals surface area contributed by atoms with Gasteiger partial charge >= 0.3 is 0 Å². The van der Waals surface area contributed by atoms with E-state index in [-0.39, 0.29) is 0 Å². The Morgan fingerprint density at radius 3 is 1.89 bits per heavy atom. The highest BCUT2D eigenvalue weighted by molar-refractivity contribution is 5.87. The van der Waals surface area contributed by atoms with Gasteiger partial charge in [0, 0.05) is 25.2 Å². The molecule has 1 heterocycles. The van der Waals surface area contributed by atoms with Crippen LogP contribution >= 0.6 is 0 Å². The molecule has 0 unspecified atom stereocenters. The fourth-order valence-electron chi connectivity index (χ4n) is 3.13. The summed E-state index contributed by atoms with van der Waals surface area (Å²) in [5.74, 6) is 0.327. The summed E-state index contributed by atoms with van der Waals surface area (Å²) >= 11 is 0. The van der Waals surface area contributed by atoms with Crippen LogP contribution in [0.2, 0.25) is 0 Å². The van der Waals surface area contributed by atoms with Crippen molar-refractivity contribution >= 4 is 10.8 Å². The third-order valence-electron chi connectivity index (χ3n) is 4.62. The zero-order chi connectivity index (χ0) is 18.7. The van der Waals surface area contributed by atoms with Gasteiger partial charge in [0.1, 0.15) is 5.75 Å². The number of benzene rings is 2. The minimum absolute atomic E-state index is 0.327. The van der Waals surface area contributed by atoms with Crippen LogP contribution in [0.3, 0.4) is 0 Å². The zero-order valence-electron chi connectivity index (χ0n) is 15.8. The third-order valence-corrected chi connectivity index (χ3v) is 4.62. The van der Waals surface area contributed by atoms with E-state index >= 15 is 0 Å². The lowest BCUT2D eigenvalue weighted by atomic mass is 10.0. The van der Waals surface area contributed by atoms with Crippen molar-refractivity contribution in [3.63, 3.8) is 0 Å². The number of phenolic OH excluding ortho intramolecular Hbond substituents is 1. The van der Waals surface area contributed by atoms with Crippen molar-refractivity contribution in [2.24, 2.45) is 0 Å². The predicted octanol–water partition coefficient (Wildman–Crippen LogP) is 2.43. The molecule has 0 saturated carbocycles. The van der Waals surface area contributed by atoms with Gasteiger partial charge in [0.25, 0.3) is 0 Å². The number of hydrogen-bond acceptors (Lipinski definition) is 6. The van der Waals surface area contributed by atoms with Gasteiger partial charge in [-0.3, -0.25) is 4.90 Å². The number of ether oxygens (including phenoxy) is 4. The first-order chi connectivity index (χ1) is 13.3. The van der Waals surface area contributed by atoms with Gasteiger partial charge in [-0.1, -0.05) is 30.3 Å². The van der Waals surface area contributed by atoms with E-state index in [9.17, 15) is 5.11 Å². The normalized spacial score (nSPS) is 19.4. The lowest BCUT2D eigenvalue weighted by Crippen LogP contribution is -2.31. The Kier molecular flexibility index (Phi) is 8.32. The Balaban J connectivity index is 1.65. The van der Waals surface area contributed by atoms with Crippen LogP contribution in [0.15, 0.2) is 36.4 Å². The summed E-state index contributed by atoms with van der Waals surface area (Å²) in [7, 11) is 0. The molecule has 6 nitrogen and oxygen atoms in total. The number of nitrogens with zero attached hydrogens (tertiary/aromatic N) is 1. The minimum atomic E-state index is 0.327. The second kappa shape index (κ2) is 11.2. The highest BCUT2D eigenvalue weighted by Gasteiger charge is 2.13. The minimum Gasteiger partial charge on any atom is -0.508 e. The lowest BCUT2D eigenvalue weighted by molar-refractivity contribution is 0.00206. The van der Waals surface area contributed by atoms with Crippen LogP contribution in [0, 0.1) is 0 Å². The van der Waals surface area contributed by atoms with Crippen molar-refractivity contribution in [1.82, 2.24) is 4.90 Å². The van der Waals surface area contributed by atoms with E-state index in [0.717, 1.165) is 29.4 Å². The molecule has 1 fully saturated rings. The number of rotatable bonds is 2. The van der Waals surface area contributed by atoms with Crippen LogP contribution in [-0.2, 0) is 25.5 Å². The standard InChI is InChI=1S/C21H29NO5/c23-21-6-5-18-3-1-2-4-19(18)20(21)17-22-7-9-24-11-13-26-15-16-27-14-12-25-10-8-22/h1-6,23H,7-17H2. The topological polar surface area (TPSA) is 60.4 Å². The van der Waals surface area contributed by atoms with Gasteiger partial charge in [-0.2, -0.15) is 0 Å². The molecule has 1 saturated heterocycles. The van der Waals surface area contributed by atoms with Crippen LogP contribution < -0.4 is 0 Å². The SMILES string of the molecule is Oc1ccc2ccccc2c1CN1CCOCCOCCOCCOCC1. The Bertz CT molecular complexity index is 677. The van der Waals surface area contributed by atoms with E-state index in [0.29, 0.717) is 65.1 Å². The summed E-state index contributed by atoms with van der Waals surface area (Å²) in [6.45, 7) is 6.86. The first-order valence-corrected chi connectivity index (χ1v) is 9.57. The van der Waals surface area contributed by atoms with Gasteiger partial charge in [0.2, 0.25) is 0 Å². The van der Waals surface area contributed by atoms with E-state index in [1.807, 2.05) is 18.2 Å². The fourth-order valence-corrected chi connectivity index (χ4v) is 3.13. The van der Waals surface area contributed by atoms with Gasteiger partial charge < -0.3 is 24.1 Å². The van der Waals surface area contributed by atoms with Crippen LogP contribution in [0.1, 0.15) is 5.56 Å². The summed E-state index contributed by atoms with van der Waals surface area (Å²) in [5, 5.41) is 12.6. The number of fused-ring (bicyclic) bond motifs is 1. The van der Waals surface area contributed by atoms with Gasteiger partial charge in [0.05, 0.1) is 52.9 Å². The highest BCUT2D eigenvalue weighted by Crippen LogP contribution is 2.28. The second-order valence-electron chi connectivity index (χ2n) is 6.51. The molecule has 27 heavy (non-hydrogen) atoms. The highest BCUT2D eigenvalue weighted by atomic mass is 16.6. The van der Waals surface area contributed by atoms with Gasteiger partial charge in [-0.25, -0.2) is 0 Å². The lowest BCUT2D eigenvalue weighted by Gasteiger charge is -2.23. The van der Waals surface area contributed by atoms with Crippen molar-refractivity contribution in [3.05, 3.63) is 42.0 Å². The van der Waals surface area contributed by atoms with Gasteiger partial charge in [-0.05, 0) is 16.8 Å². The second-order valence-corrected chi connectivity index (χ2v) is 6.51. The Morgan fingerprint density at radius 1 is 0.704 bits per heavy atom. The summed E-state index contributed by atoms with van der Waals surface area (Å²) in [6.07, 6.45) is 0. The van der Waals surface area contributed by atoms with Gasteiger partial charge in [0.15, 0.2) is 0 Å². The van der Waals surface area contributed by atoms with Crippen molar-refractivity contribution < 1.29 is 24.1 Å². The third kappa shape index (κ3) is 6.45. The number of phenols is 1. The molecule has 1 aliphatic heterocycles. The van der Waals surface area contributed by atoms with Crippen molar-refractivity contribution in [1.29, 1.82) is 0 Å². The largest absolute Gasteiger partial charge is 0.508 e. The summed E-state index contributed by atoms with van der Waals surface area (Å²) < 4.78 is 22.3.